The van der Waals surface area contributed by atoms with Crippen LogP contribution >= 0.6 is 12.4 Å². The van der Waals surface area contributed by atoms with Crippen LogP contribution in [0.25, 0.3) is 0 Å². The highest BCUT2D eigenvalue weighted by atomic mass is 35.5. The minimum absolute atomic E-state index is 0. The van der Waals surface area contributed by atoms with E-state index in [0.29, 0.717) is 5.92 Å². The van der Waals surface area contributed by atoms with Crippen molar-refractivity contribution in [3.63, 3.8) is 0 Å². The number of carbonyl (C=O) groups excluding carboxylic acids is 1. The Bertz CT molecular complexity index is 361. The minimum atomic E-state index is 0. The van der Waals surface area contributed by atoms with Gasteiger partial charge in [-0.2, -0.15) is 5.10 Å². The minimum Gasteiger partial charge on any atom is -0.316 e. The van der Waals surface area contributed by atoms with Crippen molar-refractivity contribution >= 4 is 24.1 Å². The number of nitrogens with zero attached hydrogens (tertiary/aromatic N) is 2. The van der Waals surface area contributed by atoms with Gasteiger partial charge in [0.05, 0.1) is 6.20 Å². The van der Waals surface area contributed by atoms with Gasteiger partial charge in [0.15, 0.2) is 0 Å². The van der Waals surface area contributed by atoms with Crippen molar-refractivity contribution in [2.24, 2.45) is 18.9 Å². The summed E-state index contributed by atoms with van der Waals surface area (Å²) in [5, 5.41) is 10.0. The number of aryl methyl sites for hydroxylation is 1. The van der Waals surface area contributed by atoms with E-state index in [1.165, 1.54) is 0 Å². The molecule has 1 unspecified atom stereocenters. The second kappa shape index (κ2) is 5.32. The first-order chi connectivity index (χ1) is 7.18. The standard InChI is InChI=1S/C10H16N4O.ClH/c1-7(8-5-11-6-8)10(15)13-9-3-4-12-14(9)2;/h3-4,7-8,11H,5-6H2,1-2H3,(H,13,15);1H. The fourth-order valence-electron chi connectivity index (χ4n) is 1.62. The van der Waals surface area contributed by atoms with Crippen molar-refractivity contribution in [3.05, 3.63) is 12.3 Å². The van der Waals surface area contributed by atoms with Gasteiger partial charge < -0.3 is 10.6 Å². The van der Waals surface area contributed by atoms with Crippen molar-refractivity contribution in [1.82, 2.24) is 15.1 Å². The number of hydrogen-bond acceptors (Lipinski definition) is 3. The summed E-state index contributed by atoms with van der Waals surface area (Å²) in [5.74, 6) is 1.35. The molecule has 1 fully saturated rings. The zero-order valence-corrected chi connectivity index (χ0v) is 10.3. The molecule has 1 aliphatic heterocycles. The van der Waals surface area contributed by atoms with E-state index in [4.69, 9.17) is 0 Å². The summed E-state index contributed by atoms with van der Waals surface area (Å²) in [4.78, 5) is 11.8. The zero-order valence-electron chi connectivity index (χ0n) is 9.43. The van der Waals surface area contributed by atoms with Crippen molar-refractivity contribution in [2.75, 3.05) is 18.4 Å². The summed E-state index contributed by atoms with van der Waals surface area (Å²) >= 11 is 0. The number of nitrogens with one attached hydrogen (secondary N) is 2. The summed E-state index contributed by atoms with van der Waals surface area (Å²) in [5.41, 5.74) is 0. The molecule has 0 bridgehead atoms. The van der Waals surface area contributed by atoms with Gasteiger partial charge in [0, 0.05) is 19.0 Å². The summed E-state index contributed by atoms with van der Waals surface area (Å²) in [7, 11) is 1.81. The Morgan fingerprint density at radius 1 is 1.69 bits per heavy atom. The van der Waals surface area contributed by atoms with E-state index in [-0.39, 0.29) is 24.2 Å². The summed E-state index contributed by atoms with van der Waals surface area (Å²) in [6.45, 7) is 3.86. The molecule has 1 aromatic heterocycles. The van der Waals surface area contributed by atoms with Crippen LogP contribution in [-0.4, -0.2) is 28.8 Å². The Balaban J connectivity index is 0.00000128. The number of rotatable bonds is 3. The summed E-state index contributed by atoms with van der Waals surface area (Å²) in [6, 6.07) is 1.80. The van der Waals surface area contributed by atoms with Crippen LogP contribution in [0.4, 0.5) is 5.82 Å². The maximum Gasteiger partial charge on any atom is 0.228 e. The Labute approximate surface area is 101 Å². The molecule has 0 aromatic carbocycles. The molecule has 5 nitrogen and oxygen atoms in total. The average Bonchev–Trinajstić information content (AvgIpc) is 2.49. The molecule has 1 amide bonds. The third-order valence-corrected chi connectivity index (χ3v) is 3.01. The van der Waals surface area contributed by atoms with E-state index in [2.05, 4.69) is 15.7 Å². The average molecular weight is 245 g/mol. The first kappa shape index (κ1) is 13.0. The van der Waals surface area contributed by atoms with Crippen molar-refractivity contribution in [1.29, 1.82) is 0 Å². The van der Waals surface area contributed by atoms with E-state index in [0.717, 1.165) is 18.9 Å². The van der Waals surface area contributed by atoms with Crippen LogP contribution < -0.4 is 10.6 Å². The van der Waals surface area contributed by atoms with Gasteiger partial charge in [-0.15, -0.1) is 12.4 Å². The van der Waals surface area contributed by atoms with Gasteiger partial charge >= 0.3 is 0 Å². The monoisotopic (exact) mass is 244 g/mol. The van der Waals surface area contributed by atoms with Gasteiger partial charge in [-0.25, -0.2) is 0 Å². The highest BCUT2D eigenvalue weighted by Crippen LogP contribution is 2.17. The lowest BCUT2D eigenvalue weighted by molar-refractivity contribution is -0.121. The number of amides is 1. The molecule has 1 saturated heterocycles. The van der Waals surface area contributed by atoms with Crippen LogP contribution in [0, 0.1) is 11.8 Å². The molecule has 0 spiro atoms. The molecule has 90 valence electrons. The van der Waals surface area contributed by atoms with Gasteiger partial charge in [0.1, 0.15) is 5.82 Å². The first-order valence-corrected chi connectivity index (χ1v) is 5.18. The van der Waals surface area contributed by atoms with Crippen LogP contribution in [0.5, 0.6) is 0 Å². The number of hydrogen-bond donors (Lipinski definition) is 2. The van der Waals surface area contributed by atoms with E-state index in [1.807, 2.05) is 14.0 Å². The fraction of sp³-hybridized carbons (Fsp3) is 0.600. The smallest absolute Gasteiger partial charge is 0.228 e. The SMILES string of the molecule is CC(C(=O)Nc1ccnn1C)C1CNC1.Cl. The molecular formula is C10H17ClN4O. The van der Waals surface area contributed by atoms with Gasteiger partial charge in [-0.05, 0) is 19.0 Å². The maximum atomic E-state index is 11.8. The number of carbonyl (C=O) groups is 1. The lowest BCUT2D eigenvalue weighted by Gasteiger charge is -2.31. The Kier molecular flexibility index (Phi) is 4.32. The van der Waals surface area contributed by atoms with E-state index in [1.54, 1.807) is 16.9 Å². The number of halogens is 1. The molecule has 16 heavy (non-hydrogen) atoms. The predicted octanol–water partition coefficient (Wildman–Crippen LogP) is 0.636. The molecule has 1 aromatic rings. The van der Waals surface area contributed by atoms with Gasteiger partial charge in [-0.3, -0.25) is 9.48 Å². The topological polar surface area (TPSA) is 59.0 Å². The van der Waals surface area contributed by atoms with Crippen molar-refractivity contribution < 1.29 is 4.79 Å². The van der Waals surface area contributed by atoms with Crippen molar-refractivity contribution in [2.45, 2.75) is 6.92 Å². The molecule has 0 radical (unpaired) electrons. The molecule has 0 aliphatic carbocycles. The van der Waals surface area contributed by atoms with Gasteiger partial charge in [-0.1, -0.05) is 6.92 Å². The highest BCUT2D eigenvalue weighted by molar-refractivity contribution is 5.91. The number of anilines is 1. The zero-order chi connectivity index (χ0) is 10.8. The van der Waals surface area contributed by atoms with Crippen LogP contribution in [-0.2, 0) is 11.8 Å². The first-order valence-electron chi connectivity index (χ1n) is 5.18. The van der Waals surface area contributed by atoms with E-state index >= 15 is 0 Å². The molecular weight excluding hydrogens is 228 g/mol. The normalized spacial score (nSPS) is 17.1. The third-order valence-electron chi connectivity index (χ3n) is 3.01. The number of aromatic nitrogens is 2. The molecule has 2 rings (SSSR count). The van der Waals surface area contributed by atoms with E-state index in [9.17, 15) is 4.79 Å². The predicted molar refractivity (Wildman–Crippen MR) is 64.6 cm³/mol. The summed E-state index contributed by atoms with van der Waals surface area (Å²) in [6.07, 6.45) is 1.67. The van der Waals surface area contributed by atoms with E-state index < -0.39 is 0 Å². The molecule has 2 N–H and O–H groups in total. The van der Waals surface area contributed by atoms with Crippen LogP contribution in [0.2, 0.25) is 0 Å². The molecule has 1 aliphatic rings. The van der Waals surface area contributed by atoms with Crippen LogP contribution in [0.3, 0.4) is 0 Å². The Hall–Kier alpha value is -1.07. The summed E-state index contributed by atoms with van der Waals surface area (Å²) < 4.78 is 1.66. The Morgan fingerprint density at radius 2 is 2.38 bits per heavy atom. The van der Waals surface area contributed by atoms with Crippen LogP contribution in [0.15, 0.2) is 12.3 Å². The molecule has 2 heterocycles. The van der Waals surface area contributed by atoms with Gasteiger partial charge in [0.25, 0.3) is 0 Å². The largest absolute Gasteiger partial charge is 0.316 e. The van der Waals surface area contributed by atoms with Crippen molar-refractivity contribution in [3.8, 4) is 0 Å². The molecule has 0 saturated carbocycles. The lowest BCUT2D eigenvalue weighted by Crippen LogP contribution is -2.48. The third kappa shape index (κ3) is 2.54. The van der Waals surface area contributed by atoms with Gasteiger partial charge in [0.2, 0.25) is 5.91 Å². The molecule has 6 heteroatoms. The second-order valence-corrected chi connectivity index (χ2v) is 4.04. The maximum absolute atomic E-state index is 11.8. The lowest BCUT2D eigenvalue weighted by atomic mass is 9.88. The highest BCUT2D eigenvalue weighted by Gasteiger charge is 2.28. The van der Waals surface area contributed by atoms with Crippen LogP contribution in [0.1, 0.15) is 6.92 Å². The molecule has 1 atom stereocenters. The quantitative estimate of drug-likeness (QED) is 0.820. The fourth-order valence-corrected chi connectivity index (χ4v) is 1.62. The second-order valence-electron chi connectivity index (χ2n) is 4.04. The Morgan fingerprint density at radius 3 is 2.81 bits per heavy atom.